The van der Waals surface area contributed by atoms with Crippen molar-refractivity contribution in [2.24, 2.45) is 0 Å². The van der Waals surface area contributed by atoms with E-state index in [2.05, 4.69) is 10.3 Å². The number of carbonyl (C=O) groups excluding carboxylic acids is 1. The Hall–Kier alpha value is -2.47. The second-order valence-corrected chi connectivity index (χ2v) is 7.26. The number of hydrogen-bond acceptors (Lipinski definition) is 5. The van der Waals surface area contributed by atoms with Crippen LogP contribution in [0.15, 0.2) is 30.5 Å². The fourth-order valence-electron chi connectivity index (χ4n) is 3.82. The average Bonchev–Trinajstić information content (AvgIpc) is 3.26. The van der Waals surface area contributed by atoms with Crippen LogP contribution < -0.4 is 10.1 Å². The average molecular weight is 366 g/mol. The lowest BCUT2D eigenvalue weighted by Gasteiger charge is -2.28. The van der Waals surface area contributed by atoms with Crippen LogP contribution in [0.1, 0.15) is 47.9 Å². The third-order valence-corrected chi connectivity index (χ3v) is 5.46. The van der Waals surface area contributed by atoms with Crippen LogP contribution in [0.5, 0.6) is 5.75 Å². The maximum atomic E-state index is 12.6. The van der Waals surface area contributed by atoms with E-state index in [9.17, 15) is 4.79 Å². The number of benzene rings is 1. The molecule has 142 valence electrons. The number of fused-ring (bicyclic) bond motifs is 1. The van der Waals surface area contributed by atoms with Gasteiger partial charge >= 0.3 is 0 Å². The zero-order valence-electron chi connectivity index (χ0n) is 15.8. The fourth-order valence-corrected chi connectivity index (χ4v) is 3.82. The minimum Gasteiger partial charge on any atom is -0.497 e. The van der Waals surface area contributed by atoms with E-state index in [-0.39, 0.29) is 5.91 Å². The number of rotatable bonds is 5. The van der Waals surface area contributed by atoms with E-state index in [1.807, 2.05) is 35.4 Å². The summed E-state index contributed by atoms with van der Waals surface area (Å²) in [7, 11) is 1.66. The summed E-state index contributed by atoms with van der Waals surface area (Å²) >= 11 is 0. The molecular weight excluding hydrogens is 340 g/mol. The Morgan fingerprint density at radius 3 is 2.93 bits per heavy atom. The third-order valence-electron chi connectivity index (χ3n) is 5.46. The van der Waals surface area contributed by atoms with E-state index in [1.165, 1.54) is 6.42 Å². The zero-order chi connectivity index (χ0) is 18.6. The first-order chi connectivity index (χ1) is 13.2. The van der Waals surface area contributed by atoms with Gasteiger partial charge in [-0.05, 0) is 43.5 Å². The van der Waals surface area contributed by atoms with Gasteiger partial charge in [0.05, 0.1) is 18.8 Å². The van der Waals surface area contributed by atoms with E-state index in [1.54, 1.807) is 7.11 Å². The molecule has 1 aromatic carbocycles. The van der Waals surface area contributed by atoms with E-state index >= 15 is 0 Å². The second-order valence-electron chi connectivity index (χ2n) is 7.26. The Labute approximate surface area is 160 Å². The summed E-state index contributed by atoms with van der Waals surface area (Å²) in [5, 5.41) is 3.45. The topological polar surface area (TPSA) is 67.3 Å². The molecule has 0 bridgehead atoms. The lowest BCUT2D eigenvalue weighted by molar-refractivity contribution is -0.132. The second kappa shape index (κ2) is 8.05. The van der Waals surface area contributed by atoms with Crippen LogP contribution in [-0.2, 0) is 24.2 Å². The van der Waals surface area contributed by atoms with Crippen LogP contribution in [-0.4, -0.2) is 41.0 Å². The van der Waals surface area contributed by atoms with Crippen LogP contribution in [0.3, 0.4) is 0 Å². The van der Waals surface area contributed by atoms with Gasteiger partial charge in [0.25, 0.3) is 0 Å². The number of ether oxygens (including phenoxy) is 1. The minimum atomic E-state index is 0.193. The van der Waals surface area contributed by atoms with Crippen molar-refractivity contribution in [2.75, 3.05) is 20.2 Å². The van der Waals surface area contributed by atoms with Crippen LogP contribution in [0.4, 0.5) is 0 Å². The number of nitrogens with one attached hydrogen (secondary N) is 1. The van der Waals surface area contributed by atoms with E-state index in [0.717, 1.165) is 60.7 Å². The highest BCUT2D eigenvalue weighted by atomic mass is 16.5. The molecule has 2 aliphatic rings. The minimum absolute atomic E-state index is 0.193. The summed E-state index contributed by atoms with van der Waals surface area (Å²) in [4.78, 5) is 23.9. The standard InChI is InChI=1S/C21H26N4O2/c1-27-17-7-4-15(5-8-17)6-9-20(26)25-12-10-18-16(14-25)13-23-21(24-18)19-3-2-11-22-19/h4-5,7-8,13,19,22H,2-3,6,9-12,14H2,1H3. The number of nitrogens with zero attached hydrogens (tertiary/aromatic N) is 3. The number of amides is 1. The number of methoxy groups -OCH3 is 1. The summed E-state index contributed by atoms with van der Waals surface area (Å²) in [6.45, 7) is 2.40. The first-order valence-electron chi connectivity index (χ1n) is 9.71. The molecule has 0 radical (unpaired) electrons. The molecule has 2 aliphatic heterocycles. The molecule has 1 amide bonds. The van der Waals surface area contributed by atoms with Gasteiger partial charge in [0, 0.05) is 37.7 Å². The number of carbonyl (C=O) groups is 1. The fraction of sp³-hybridized carbons (Fsp3) is 0.476. The molecule has 1 saturated heterocycles. The molecular formula is C21H26N4O2. The Morgan fingerprint density at radius 2 is 2.19 bits per heavy atom. The zero-order valence-corrected chi connectivity index (χ0v) is 15.8. The van der Waals surface area contributed by atoms with Crippen molar-refractivity contribution in [3.05, 3.63) is 53.1 Å². The first kappa shape index (κ1) is 17.9. The van der Waals surface area contributed by atoms with Crippen LogP contribution in [0, 0.1) is 0 Å². The quantitative estimate of drug-likeness (QED) is 0.880. The lowest BCUT2D eigenvalue weighted by atomic mass is 10.0. The molecule has 1 fully saturated rings. The molecule has 1 atom stereocenters. The Balaban J connectivity index is 1.34. The highest BCUT2D eigenvalue weighted by Gasteiger charge is 2.24. The van der Waals surface area contributed by atoms with Gasteiger partial charge in [-0.3, -0.25) is 4.79 Å². The van der Waals surface area contributed by atoms with Crippen molar-refractivity contribution >= 4 is 5.91 Å². The van der Waals surface area contributed by atoms with Gasteiger partial charge in [0.1, 0.15) is 11.6 Å². The summed E-state index contributed by atoms with van der Waals surface area (Å²) < 4.78 is 5.17. The normalized spacial score (nSPS) is 19.0. The first-order valence-corrected chi connectivity index (χ1v) is 9.71. The monoisotopic (exact) mass is 366 g/mol. The van der Waals surface area contributed by atoms with Gasteiger partial charge in [-0.25, -0.2) is 9.97 Å². The third kappa shape index (κ3) is 4.11. The summed E-state index contributed by atoms with van der Waals surface area (Å²) in [6, 6.07) is 8.20. The molecule has 6 nitrogen and oxygen atoms in total. The number of aromatic nitrogens is 2. The van der Waals surface area contributed by atoms with Crippen LogP contribution >= 0.6 is 0 Å². The molecule has 1 aromatic heterocycles. The predicted molar refractivity (Wildman–Crippen MR) is 102 cm³/mol. The molecule has 3 heterocycles. The van der Waals surface area contributed by atoms with Gasteiger partial charge in [-0.15, -0.1) is 0 Å². The van der Waals surface area contributed by atoms with Crippen molar-refractivity contribution in [1.29, 1.82) is 0 Å². The van der Waals surface area contributed by atoms with Gasteiger partial charge < -0.3 is 15.0 Å². The molecule has 0 aliphatic carbocycles. The molecule has 1 N–H and O–H groups in total. The SMILES string of the molecule is COc1ccc(CCC(=O)N2CCc3nc(C4CCCN4)ncc3C2)cc1. The van der Waals surface area contributed by atoms with Crippen molar-refractivity contribution < 1.29 is 9.53 Å². The number of hydrogen-bond donors (Lipinski definition) is 1. The van der Waals surface area contributed by atoms with E-state index in [0.29, 0.717) is 19.0 Å². The van der Waals surface area contributed by atoms with E-state index in [4.69, 9.17) is 9.72 Å². The largest absolute Gasteiger partial charge is 0.497 e. The van der Waals surface area contributed by atoms with Gasteiger partial charge in [-0.1, -0.05) is 12.1 Å². The van der Waals surface area contributed by atoms with Crippen LogP contribution in [0.2, 0.25) is 0 Å². The molecule has 0 spiro atoms. The summed E-state index contributed by atoms with van der Waals surface area (Å²) in [5.41, 5.74) is 3.34. The van der Waals surface area contributed by atoms with Crippen molar-refractivity contribution in [2.45, 2.75) is 44.7 Å². The summed E-state index contributed by atoms with van der Waals surface area (Å²) in [6.07, 6.45) is 6.28. The maximum absolute atomic E-state index is 12.6. The molecule has 6 heteroatoms. The molecule has 1 unspecified atom stereocenters. The van der Waals surface area contributed by atoms with E-state index < -0.39 is 0 Å². The molecule has 0 saturated carbocycles. The number of aryl methyl sites for hydroxylation is 1. The Morgan fingerprint density at radius 1 is 1.33 bits per heavy atom. The molecule has 4 rings (SSSR count). The lowest BCUT2D eigenvalue weighted by Crippen LogP contribution is -2.37. The van der Waals surface area contributed by atoms with Crippen molar-refractivity contribution in [1.82, 2.24) is 20.2 Å². The summed E-state index contributed by atoms with van der Waals surface area (Å²) in [5.74, 6) is 1.94. The highest BCUT2D eigenvalue weighted by Crippen LogP contribution is 2.23. The van der Waals surface area contributed by atoms with Gasteiger partial charge in [0.2, 0.25) is 5.91 Å². The van der Waals surface area contributed by atoms with Crippen molar-refractivity contribution in [3.8, 4) is 5.75 Å². The molecule has 2 aromatic rings. The van der Waals surface area contributed by atoms with Crippen molar-refractivity contribution in [3.63, 3.8) is 0 Å². The predicted octanol–water partition coefficient (Wildman–Crippen LogP) is 2.43. The van der Waals surface area contributed by atoms with Crippen LogP contribution in [0.25, 0.3) is 0 Å². The highest BCUT2D eigenvalue weighted by molar-refractivity contribution is 5.76. The molecule has 27 heavy (non-hydrogen) atoms. The Bertz CT molecular complexity index is 800. The smallest absolute Gasteiger partial charge is 0.223 e. The van der Waals surface area contributed by atoms with Gasteiger partial charge in [-0.2, -0.15) is 0 Å². The van der Waals surface area contributed by atoms with Gasteiger partial charge in [0.15, 0.2) is 0 Å². The Kier molecular flexibility index (Phi) is 5.34. The maximum Gasteiger partial charge on any atom is 0.223 e.